The van der Waals surface area contributed by atoms with Crippen molar-refractivity contribution in [3.05, 3.63) is 58.0 Å². The molecule has 2 aliphatic rings. The summed E-state index contributed by atoms with van der Waals surface area (Å²) in [6.45, 7) is 2.13. The van der Waals surface area contributed by atoms with Crippen molar-refractivity contribution in [1.29, 1.82) is 0 Å². The molecule has 0 amide bonds. The minimum Gasteiger partial charge on any atom is -0.225 e. The fourth-order valence-electron chi connectivity index (χ4n) is 4.23. The molecule has 0 aliphatic heterocycles. The highest BCUT2D eigenvalue weighted by molar-refractivity contribution is 7.19. The predicted molar refractivity (Wildman–Crippen MR) is 99.5 cm³/mol. The molecule has 25 heavy (non-hydrogen) atoms. The van der Waals surface area contributed by atoms with Gasteiger partial charge in [0, 0.05) is 10.8 Å². The molecule has 1 fully saturated rings. The Balaban J connectivity index is 1.43. The minimum atomic E-state index is 0.448. The highest BCUT2D eigenvalue weighted by Gasteiger charge is 2.42. The summed E-state index contributed by atoms with van der Waals surface area (Å²) in [5.41, 5.74) is 5.21. The lowest BCUT2D eigenvalue weighted by molar-refractivity contribution is 0.850. The van der Waals surface area contributed by atoms with E-state index in [0.29, 0.717) is 11.8 Å². The highest BCUT2D eigenvalue weighted by atomic mass is 32.1. The summed E-state index contributed by atoms with van der Waals surface area (Å²) in [5.74, 6) is 2.00. The monoisotopic (exact) mass is 346 g/mol. The zero-order valence-corrected chi connectivity index (χ0v) is 14.9. The number of fused-ring (bicyclic) bond motifs is 5. The molecule has 3 aromatic heterocycles. The van der Waals surface area contributed by atoms with Gasteiger partial charge in [-0.15, -0.1) is 16.4 Å². The Morgan fingerprint density at radius 1 is 1.12 bits per heavy atom. The summed E-state index contributed by atoms with van der Waals surface area (Å²) in [6, 6.07) is 8.90. The van der Waals surface area contributed by atoms with Crippen molar-refractivity contribution in [3.8, 4) is 0 Å². The van der Waals surface area contributed by atoms with Gasteiger partial charge in [-0.05, 0) is 49.7 Å². The van der Waals surface area contributed by atoms with Gasteiger partial charge in [0.1, 0.15) is 11.2 Å². The van der Waals surface area contributed by atoms with Gasteiger partial charge in [0.15, 0.2) is 11.5 Å². The van der Waals surface area contributed by atoms with Crippen LogP contribution in [0.4, 0.5) is 0 Å². The second-order valence-electron chi connectivity index (χ2n) is 7.38. The van der Waals surface area contributed by atoms with Gasteiger partial charge in [-0.1, -0.05) is 29.8 Å². The van der Waals surface area contributed by atoms with Crippen LogP contribution in [0.15, 0.2) is 30.6 Å². The highest BCUT2D eigenvalue weighted by Crippen LogP contribution is 2.53. The fourth-order valence-corrected chi connectivity index (χ4v) is 5.45. The molecule has 2 atom stereocenters. The summed E-state index contributed by atoms with van der Waals surface area (Å²) in [6.07, 6.45) is 6.61. The lowest BCUT2D eigenvalue weighted by Crippen LogP contribution is -1.91. The Bertz CT molecular complexity index is 1120. The number of hydrogen-bond donors (Lipinski definition) is 0. The first kappa shape index (κ1) is 14.0. The van der Waals surface area contributed by atoms with Gasteiger partial charge in [0.25, 0.3) is 0 Å². The lowest BCUT2D eigenvalue weighted by atomic mass is 10.1. The van der Waals surface area contributed by atoms with E-state index in [9.17, 15) is 0 Å². The SMILES string of the molecule is Cc1ccc(C2CC2c2nc3c4c5c(sc4ncn3n2)CCC5)cc1. The van der Waals surface area contributed by atoms with Crippen LogP contribution >= 0.6 is 11.3 Å². The van der Waals surface area contributed by atoms with E-state index in [-0.39, 0.29) is 0 Å². The van der Waals surface area contributed by atoms with Crippen LogP contribution in [0.2, 0.25) is 0 Å². The Kier molecular flexibility index (Phi) is 2.73. The number of nitrogens with zero attached hydrogens (tertiary/aromatic N) is 4. The number of rotatable bonds is 2. The van der Waals surface area contributed by atoms with Crippen LogP contribution in [0.25, 0.3) is 15.9 Å². The maximum absolute atomic E-state index is 4.96. The zero-order valence-electron chi connectivity index (χ0n) is 14.1. The first-order valence-electron chi connectivity index (χ1n) is 9.00. The van der Waals surface area contributed by atoms with E-state index in [1.807, 2.05) is 22.2 Å². The molecule has 0 spiro atoms. The third-order valence-electron chi connectivity index (χ3n) is 5.69. The molecule has 0 radical (unpaired) electrons. The van der Waals surface area contributed by atoms with Crippen molar-refractivity contribution >= 4 is 27.2 Å². The van der Waals surface area contributed by atoms with Crippen LogP contribution in [-0.2, 0) is 12.8 Å². The van der Waals surface area contributed by atoms with Crippen LogP contribution in [0.1, 0.15) is 52.1 Å². The number of benzene rings is 1. The Morgan fingerprint density at radius 3 is 2.88 bits per heavy atom. The third kappa shape index (κ3) is 2.02. The lowest BCUT2D eigenvalue weighted by Gasteiger charge is -1.99. The van der Waals surface area contributed by atoms with E-state index in [4.69, 9.17) is 10.1 Å². The van der Waals surface area contributed by atoms with E-state index in [0.717, 1.165) is 29.1 Å². The van der Waals surface area contributed by atoms with Gasteiger partial charge in [-0.25, -0.2) is 14.5 Å². The molecule has 1 saturated carbocycles. The van der Waals surface area contributed by atoms with Crippen LogP contribution in [0.5, 0.6) is 0 Å². The first-order valence-corrected chi connectivity index (χ1v) is 9.81. The average molecular weight is 346 g/mol. The number of thiophene rings is 1. The molecule has 5 heteroatoms. The molecular formula is C20H18N4S. The topological polar surface area (TPSA) is 43.1 Å². The molecule has 1 aromatic carbocycles. The second kappa shape index (κ2) is 4.88. The maximum atomic E-state index is 4.96. The summed E-state index contributed by atoms with van der Waals surface area (Å²) in [4.78, 5) is 12.2. The molecule has 0 N–H and O–H groups in total. The Morgan fingerprint density at radius 2 is 2.00 bits per heavy atom. The molecule has 0 saturated heterocycles. The minimum absolute atomic E-state index is 0.448. The average Bonchev–Trinajstić information content (AvgIpc) is 2.94. The quantitative estimate of drug-likeness (QED) is 0.540. The molecule has 124 valence electrons. The van der Waals surface area contributed by atoms with Crippen molar-refractivity contribution in [3.63, 3.8) is 0 Å². The molecule has 4 nitrogen and oxygen atoms in total. The number of aryl methyl sites for hydroxylation is 3. The third-order valence-corrected chi connectivity index (χ3v) is 6.89. The molecule has 4 aromatic rings. The number of hydrogen-bond acceptors (Lipinski definition) is 4. The second-order valence-corrected chi connectivity index (χ2v) is 8.46. The van der Waals surface area contributed by atoms with Gasteiger partial charge < -0.3 is 0 Å². The summed E-state index contributed by atoms with van der Waals surface area (Å²) < 4.78 is 1.90. The van der Waals surface area contributed by atoms with Gasteiger partial charge in [0.05, 0.1) is 5.39 Å². The van der Waals surface area contributed by atoms with Crippen LogP contribution < -0.4 is 0 Å². The van der Waals surface area contributed by atoms with Crippen LogP contribution in [0.3, 0.4) is 0 Å². The van der Waals surface area contributed by atoms with Crippen molar-refractivity contribution in [2.45, 2.75) is 44.4 Å². The summed E-state index contributed by atoms with van der Waals surface area (Å²) in [5, 5.41) is 6.03. The van der Waals surface area contributed by atoms with Crippen molar-refractivity contribution in [2.75, 3.05) is 0 Å². The molecule has 0 bridgehead atoms. The first-order chi connectivity index (χ1) is 12.3. The van der Waals surface area contributed by atoms with E-state index >= 15 is 0 Å². The maximum Gasteiger partial charge on any atom is 0.167 e. The van der Waals surface area contributed by atoms with Crippen molar-refractivity contribution < 1.29 is 0 Å². The molecule has 2 unspecified atom stereocenters. The van der Waals surface area contributed by atoms with Gasteiger partial charge in [0.2, 0.25) is 0 Å². The predicted octanol–water partition coefficient (Wildman–Crippen LogP) is 4.41. The summed E-state index contributed by atoms with van der Waals surface area (Å²) >= 11 is 1.84. The van der Waals surface area contributed by atoms with Gasteiger partial charge in [-0.2, -0.15) is 0 Å². The molecule has 6 rings (SSSR count). The van der Waals surface area contributed by atoms with Gasteiger partial charge >= 0.3 is 0 Å². The van der Waals surface area contributed by atoms with E-state index in [2.05, 4.69) is 36.2 Å². The molecule has 3 heterocycles. The Hall–Kier alpha value is -2.27. The number of aromatic nitrogens is 4. The fraction of sp³-hybridized carbons (Fsp3) is 0.350. The normalized spacial score (nSPS) is 22.0. The van der Waals surface area contributed by atoms with E-state index < -0.39 is 0 Å². The van der Waals surface area contributed by atoms with Crippen LogP contribution in [0, 0.1) is 6.92 Å². The Labute approximate surface area is 149 Å². The summed E-state index contributed by atoms with van der Waals surface area (Å²) in [7, 11) is 0. The smallest absolute Gasteiger partial charge is 0.167 e. The van der Waals surface area contributed by atoms with Crippen molar-refractivity contribution in [2.24, 2.45) is 0 Å². The standard InChI is InChI=1S/C20H18N4S/c1-11-5-7-12(8-6-11)14-9-15(14)18-22-19-17-13-3-2-4-16(13)25-20(17)21-10-24(19)23-18/h5-8,10,14-15H,2-4,9H2,1H3. The van der Waals surface area contributed by atoms with E-state index in [1.165, 1.54) is 39.8 Å². The zero-order chi connectivity index (χ0) is 16.5. The van der Waals surface area contributed by atoms with Crippen LogP contribution in [-0.4, -0.2) is 19.6 Å². The molecule has 2 aliphatic carbocycles. The molecular weight excluding hydrogens is 328 g/mol. The largest absolute Gasteiger partial charge is 0.225 e. The van der Waals surface area contributed by atoms with Crippen molar-refractivity contribution in [1.82, 2.24) is 19.6 Å². The van der Waals surface area contributed by atoms with E-state index in [1.54, 1.807) is 0 Å². The van der Waals surface area contributed by atoms with Gasteiger partial charge in [-0.3, -0.25) is 0 Å².